The number of hydrogen-bond donors (Lipinski definition) is 1. The van der Waals surface area contributed by atoms with Crippen molar-refractivity contribution in [3.63, 3.8) is 0 Å². The summed E-state index contributed by atoms with van der Waals surface area (Å²) in [4.78, 5) is 12.5. The van der Waals surface area contributed by atoms with E-state index >= 15 is 0 Å². The number of hydrogen-bond acceptors (Lipinski definition) is 1. The molecule has 6 rings (SSSR count). The molecule has 2 unspecified atom stereocenters. The predicted octanol–water partition coefficient (Wildman–Crippen LogP) is 7.07. The van der Waals surface area contributed by atoms with Crippen LogP contribution in [0.2, 0.25) is 10.0 Å². The SMILES string of the molecule is O=C(Nc1ccc(C23C[C@@H]4C[C@@H](CC(Cl)(C4)C2)C3)cc1)c1cc(Cl)cc(Cl)c1. The van der Waals surface area contributed by atoms with E-state index in [2.05, 4.69) is 17.4 Å². The van der Waals surface area contributed by atoms with Gasteiger partial charge in [0.1, 0.15) is 0 Å². The van der Waals surface area contributed by atoms with Crippen molar-refractivity contribution in [2.75, 3.05) is 5.32 Å². The highest BCUT2D eigenvalue weighted by Gasteiger charge is 2.57. The molecule has 5 heteroatoms. The first-order valence-corrected chi connectivity index (χ1v) is 11.0. The average molecular weight is 435 g/mol. The van der Waals surface area contributed by atoms with E-state index in [1.807, 2.05) is 12.1 Å². The Bertz CT molecular complexity index is 905. The number of rotatable bonds is 3. The van der Waals surface area contributed by atoms with Crippen LogP contribution >= 0.6 is 34.8 Å². The smallest absolute Gasteiger partial charge is 0.255 e. The van der Waals surface area contributed by atoms with Gasteiger partial charge in [-0.05, 0) is 91.7 Å². The van der Waals surface area contributed by atoms with E-state index in [0.29, 0.717) is 15.6 Å². The second-order valence-electron chi connectivity index (χ2n) is 9.08. The van der Waals surface area contributed by atoms with Gasteiger partial charge in [0, 0.05) is 26.2 Å². The molecule has 0 spiro atoms. The summed E-state index contributed by atoms with van der Waals surface area (Å²) in [6.07, 6.45) is 7.31. The molecule has 0 aliphatic heterocycles. The van der Waals surface area contributed by atoms with E-state index in [0.717, 1.165) is 23.9 Å². The first-order chi connectivity index (χ1) is 13.3. The Kier molecular flexibility index (Phi) is 4.46. The number of halogens is 3. The fraction of sp³-hybridized carbons (Fsp3) is 0.435. The van der Waals surface area contributed by atoms with Gasteiger partial charge in [-0.25, -0.2) is 0 Å². The summed E-state index contributed by atoms with van der Waals surface area (Å²) >= 11 is 19.0. The Labute approximate surface area is 180 Å². The van der Waals surface area contributed by atoms with Crippen molar-refractivity contribution in [2.45, 2.75) is 48.8 Å². The molecular formula is C23H22Cl3NO. The second-order valence-corrected chi connectivity index (χ2v) is 10.8. The van der Waals surface area contributed by atoms with Crippen LogP contribution < -0.4 is 5.32 Å². The lowest BCUT2D eigenvalue weighted by molar-refractivity contribution is 0.00900. The number of carbonyl (C=O) groups excluding carboxylic acids is 1. The highest BCUT2D eigenvalue weighted by atomic mass is 35.5. The van der Waals surface area contributed by atoms with E-state index < -0.39 is 0 Å². The van der Waals surface area contributed by atoms with Crippen LogP contribution in [0.15, 0.2) is 42.5 Å². The number of amides is 1. The Morgan fingerprint density at radius 2 is 1.54 bits per heavy atom. The van der Waals surface area contributed by atoms with Crippen molar-refractivity contribution < 1.29 is 4.79 Å². The molecule has 4 aliphatic rings. The quantitative estimate of drug-likeness (QED) is 0.514. The lowest BCUT2D eigenvalue weighted by Crippen LogP contribution is -2.55. The molecule has 28 heavy (non-hydrogen) atoms. The van der Waals surface area contributed by atoms with E-state index in [1.54, 1.807) is 18.2 Å². The van der Waals surface area contributed by atoms with Gasteiger partial charge in [0.25, 0.3) is 5.91 Å². The monoisotopic (exact) mass is 433 g/mol. The van der Waals surface area contributed by atoms with Gasteiger partial charge in [0.05, 0.1) is 0 Å². The maximum Gasteiger partial charge on any atom is 0.255 e. The van der Waals surface area contributed by atoms with Crippen molar-refractivity contribution in [3.05, 3.63) is 63.6 Å². The summed E-state index contributed by atoms with van der Waals surface area (Å²) < 4.78 is 0. The molecular weight excluding hydrogens is 413 g/mol. The van der Waals surface area contributed by atoms with Crippen molar-refractivity contribution >= 4 is 46.4 Å². The summed E-state index contributed by atoms with van der Waals surface area (Å²) in [6.45, 7) is 0. The molecule has 1 N–H and O–H groups in total. The summed E-state index contributed by atoms with van der Waals surface area (Å²) in [6, 6.07) is 13.2. The molecule has 0 heterocycles. The maximum atomic E-state index is 12.5. The molecule has 4 atom stereocenters. The minimum atomic E-state index is -0.216. The number of nitrogens with one attached hydrogen (secondary N) is 1. The van der Waals surface area contributed by atoms with E-state index in [9.17, 15) is 4.79 Å². The van der Waals surface area contributed by atoms with Crippen molar-refractivity contribution in [3.8, 4) is 0 Å². The van der Waals surface area contributed by atoms with Gasteiger partial charge >= 0.3 is 0 Å². The Hall–Kier alpha value is -1.22. The van der Waals surface area contributed by atoms with Crippen LogP contribution in [0.3, 0.4) is 0 Å². The normalized spacial score (nSPS) is 33.1. The van der Waals surface area contributed by atoms with E-state index in [1.165, 1.54) is 37.7 Å². The van der Waals surface area contributed by atoms with Gasteiger partial charge in [-0.15, -0.1) is 11.6 Å². The van der Waals surface area contributed by atoms with Crippen molar-refractivity contribution in [2.24, 2.45) is 11.8 Å². The molecule has 1 amide bonds. The average Bonchev–Trinajstić information content (AvgIpc) is 2.59. The molecule has 4 aliphatic carbocycles. The Morgan fingerprint density at radius 1 is 0.929 bits per heavy atom. The van der Waals surface area contributed by atoms with Crippen LogP contribution in [-0.2, 0) is 5.41 Å². The van der Waals surface area contributed by atoms with E-state index in [-0.39, 0.29) is 16.2 Å². The third-order valence-corrected chi connectivity index (χ3v) is 7.75. The minimum absolute atomic E-state index is 0.00279. The molecule has 4 saturated carbocycles. The molecule has 2 aromatic carbocycles. The zero-order chi connectivity index (χ0) is 19.5. The van der Waals surface area contributed by atoms with Gasteiger partial charge in [-0.3, -0.25) is 4.79 Å². The van der Waals surface area contributed by atoms with Crippen LogP contribution in [0.1, 0.15) is 54.4 Å². The van der Waals surface area contributed by atoms with Crippen molar-refractivity contribution in [1.29, 1.82) is 0 Å². The molecule has 146 valence electrons. The highest BCUT2D eigenvalue weighted by molar-refractivity contribution is 6.35. The first kappa shape index (κ1) is 18.8. The van der Waals surface area contributed by atoms with Gasteiger partial charge in [-0.1, -0.05) is 35.3 Å². The second kappa shape index (κ2) is 6.65. The number of anilines is 1. The molecule has 0 radical (unpaired) electrons. The first-order valence-electron chi connectivity index (χ1n) is 9.90. The summed E-state index contributed by atoms with van der Waals surface area (Å²) in [5.74, 6) is 1.32. The molecule has 2 aromatic rings. The molecule has 4 bridgehead atoms. The molecule has 0 aromatic heterocycles. The minimum Gasteiger partial charge on any atom is -0.322 e. The number of carbonyl (C=O) groups is 1. The summed E-state index contributed by atoms with van der Waals surface area (Å²) in [5, 5.41) is 3.84. The standard InChI is InChI=1S/C23H22Cl3NO/c24-18-6-16(7-19(25)8-18)21(28)27-20-3-1-17(2-4-20)22-9-14-5-15(10-22)12-23(26,11-14)13-22/h1-4,6-8,14-15H,5,9-13H2,(H,27,28)/t14-,15+,22?,23?. The number of benzene rings is 2. The van der Waals surface area contributed by atoms with Gasteiger partial charge in [-0.2, -0.15) is 0 Å². The van der Waals surface area contributed by atoms with E-state index in [4.69, 9.17) is 34.8 Å². The highest BCUT2D eigenvalue weighted by Crippen LogP contribution is 2.64. The van der Waals surface area contributed by atoms with Crippen LogP contribution in [0.4, 0.5) is 5.69 Å². The van der Waals surface area contributed by atoms with Crippen LogP contribution in [0.5, 0.6) is 0 Å². The maximum absolute atomic E-state index is 12.5. The largest absolute Gasteiger partial charge is 0.322 e. The fourth-order valence-electron chi connectivity index (χ4n) is 6.28. The third kappa shape index (κ3) is 3.34. The van der Waals surface area contributed by atoms with Crippen LogP contribution in [-0.4, -0.2) is 10.8 Å². The van der Waals surface area contributed by atoms with Gasteiger partial charge in [0.15, 0.2) is 0 Å². The Morgan fingerprint density at radius 3 is 2.11 bits per heavy atom. The lowest BCUT2D eigenvalue weighted by atomic mass is 9.47. The lowest BCUT2D eigenvalue weighted by Gasteiger charge is -2.60. The van der Waals surface area contributed by atoms with Crippen LogP contribution in [0, 0.1) is 11.8 Å². The fourth-order valence-corrected chi connectivity index (χ4v) is 7.50. The number of alkyl halides is 1. The predicted molar refractivity (Wildman–Crippen MR) is 116 cm³/mol. The zero-order valence-corrected chi connectivity index (χ0v) is 17.7. The summed E-state index contributed by atoms with van der Waals surface area (Å²) in [7, 11) is 0. The van der Waals surface area contributed by atoms with Crippen LogP contribution in [0.25, 0.3) is 0 Å². The topological polar surface area (TPSA) is 29.1 Å². The molecule has 2 nitrogen and oxygen atoms in total. The van der Waals surface area contributed by atoms with Gasteiger partial charge < -0.3 is 5.32 Å². The molecule has 4 fully saturated rings. The molecule has 0 saturated heterocycles. The van der Waals surface area contributed by atoms with Crippen molar-refractivity contribution in [1.82, 2.24) is 0 Å². The Balaban J connectivity index is 1.36. The summed E-state index contributed by atoms with van der Waals surface area (Å²) in [5.41, 5.74) is 2.81. The van der Waals surface area contributed by atoms with Gasteiger partial charge in [0.2, 0.25) is 0 Å². The third-order valence-electron chi connectivity index (χ3n) is 6.87. The zero-order valence-electron chi connectivity index (χ0n) is 15.5.